The number of hydrogen-bond acceptors (Lipinski definition) is 6. The van der Waals surface area contributed by atoms with Gasteiger partial charge in [0.2, 0.25) is 11.7 Å². The molecule has 5 rings (SSSR count). The first kappa shape index (κ1) is 21.7. The van der Waals surface area contributed by atoms with Gasteiger partial charge in [-0.2, -0.15) is 0 Å². The summed E-state index contributed by atoms with van der Waals surface area (Å²) >= 11 is 0. The van der Waals surface area contributed by atoms with Crippen molar-refractivity contribution in [1.82, 2.24) is 4.57 Å². The second-order valence-electron chi connectivity index (χ2n) is 8.72. The number of esters is 1. The van der Waals surface area contributed by atoms with Gasteiger partial charge in [0.05, 0.1) is 24.5 Å². The minimum absolute atomic E-state index is 0.107. The number of nitrogens with zero attached hydrogens (tertiary/aromatic N) is 2. The Hall–Kier alpha value is -3.10. The van der Waals surface area contributed by atoms with E-state index in [2.05, 4.69) is 4.99 Å². The number of aromatic nitrogens is 1. The lowest BCUT2D eigenvalue weighted by molar-refractivity contribution is -0.164. The van der Waals surface area contributed by atoms with E-state index in [1.807, 2.05) is 43.3 Å². The molecular formula is C25H26N2O6. The third kappa shape index (κ3) is 3.36. The number of carbonyl (C=O) groups excluding carboxylic acids is 2. The molecule has 0 saturated carbocycles. The molecule has 1 spiro atoms. The van der Waals surface area contributed by atoms with Crippen LogP contribution in [0.2, 0.25) is 0 Å². The smallest absolute Gasteiger partial charge is 0.317 e. The number of ether oxygens (including phenoxy) is 3. The van der Waals surface area contributed by atoms with E-state index < -0.39 is 23.1 Å². The quantitative estimate of drug-likeness (QED) is 0.525. The molecule has 8 heteroatoms. The number of aliphatic imine (C=N–C) groups is 1. The lowest BCUT2D eigenvalue weighted by Crippen LogP contribution is -2.46. The molecule has 33 heavy (non-hydrogen) atoms. The summed E-state index contributed by atoms with van der Waals surface area (Å²) in [6, 6.07) is 11.2. The molecule has 1 fully saturated rings. The zero-order valence-corrected chi connectivity index (χ0v) is 18.8. The van der Waals surface area contributed by atoms with Crippen LogP contribution in [0, 0.1) is 0 Å². The van der Waals surface area contributed by atoms with Gasteiger partial charge in [0.25, 0.3) is 5.56 Å². The molecule has 1 atom stereocenters. The third-order valence-corrected chi connectivity index (χ3v) is 7.00. The lowest BCUT2D eigenvalue weighted by atomic mass is 9.72. The maximum Gasteiger partial charge on any atom is 0.317 e. The van der Waals surface area contributed by atoms with Crippen molar-refractivity contribution in [3.8, 4) is 0 Å². The van der Waals surface area contributed by atoms with Crippen molar-refractivity contribution in [3.63, 3.8) is 0 Å². The first-order valence-corrected chi connectivity index (χ1v) is 11.3. The summed E-state index contributed by atoms with van der Waals surface area (Å²) < 4.78 is 18.9. The highest BCUT2D eigenvalue weighted by molar-refractivity contribution is 6.06. The van der Waals surface area contributed by atoms with Gasteiger partial charge < -0.3 is 18.8 Å². The summed E-state index contributed by atoms with van der Waals surface area (Å²) in [5, 5.41) is 0. The number of fused-ring (bicyclic) bond motifs is 3. The Balaban J connectivity index is 1.58. The van der Waals surface area contributed by atoms with E-state index in [-0.39, 0.29) is 18.6 Å². The molecule has 0 radical (unpaired) electrons. The van der Waals surface area contributed by atoms with Gasteiger partial charge in [0.1, 0.15) is 12.0 Å². The van der Waals surface area contributed by atoms with Crippen LogP contribution in [0.25, 0.3) is 0 Å². The Bertz CT molecular complexity index is 1210. The van der Waals surface area contributed by atoms with E-state index in [1.165, 1.54) is 0 Å². The van der Waals surface area contributed by atoms with Gasteiger partial charge in [-0.1, -0.05) is 37.3 Å². The highest BCUT2D eigenvalue weighted by atomic mass is 16.7. The standard InChI is InChI=1S/C25H26N2O6/c1-3-24(14-21(28)26-16(2)17-7-5-4-6-8-17)19-13-20-25(32-11-12-33-25)9-10-27(20)22(29)18(19)15-31-23(24)30/h4-8,13H,3,9-12,14-15H2,1-2H3/t24-/m0/s1. The van der Waals surface area contributed by atoms with Gasteiger partial charge in [0.15, 0.2) is 0 Å². The molecule has 0 N–H and O–H groups in total. The second-order valence-corrected chi connectivity index (χ2v) is 8.72. The summed E-state index contributed by atoms with van der Waals surface area (Å²) in [7, 11) is 0. The van der Waals surface area contributed by atoms with Crippen molar-refractivity contribution >= 4 is 17.6 Å². The van der Waals surface area contributed by atoms with E-state index in [9.17, 15) is 14.4 Å². The third-order valence-electron chi connectivity index (χ3n) is 7.00. The van der Waals surface area contributed by atoms with Crippen LogP contribution in [-0.2, 0) is 48.2 Å². The van der Waals surface area contributed by atoms with E-state index in [4.69, 9.17) is 14.2 Å². The number of benzene rings is 1. The molecule has 1 aromatic carbocycles. The van der Waals surface area contributed by atoms with E-state index in [1.54, 1.807) is 11.5 Å². The van der Waals surface area contributed by atoms with Gasteiger partial charge in [-0.15, -0.1) is 0 Å². The monoisotopic (exact) mass is 450 g/mol. The SMILES string of the molecule is CC[C@@]1(CC(=O)N=C(C)c2ccccc2)C(=O)OCc2c1cc1n(c2=O)CCC12OCCO2. The zero-order chi connectivity index (χ0) is 23.2. The predicted octanol–water partition coefficient (Wildman–Crippen LogP) is 2.58. The van der Waals surface area contributed by atoms with Gasteiger partial charge in [-0.3, -0.25) is 14.4 Å². The van der Waals surface area contributed by atoms with Gasteiger partial charge in [-0.25, -0.2) is 4.99 Å². The number of hydrogen-bond donors (Lipinski definition) is 0. The van der Waals surface area contributed by atoms with Crippen LogP contribution in [0.1, 0.15) is 55.5 Å². The first-order chi connectivity index (χ1) is 15.9. The van der Waals surface area contributed by atoms with E-state index >= 15 is 0 Å². The van der Waals surface area contributed by atoms with Crippen molar-refractivity contribution in [1.29, 1.82) is 0 Å². The average molecular weight is 450 g/mol. The molecule has 1 saturated heterocycles. The topological polar surface area (TPSA) is 96.2 Å². The van der Waals surface area contributed by atoms with Crippen molar-refractivity contribution in [3.05, 3.63) is 69.1 Å². The van der Waals surface area contributed by atoms with Crippen LogP contribution in [0.3, 0.4) is 0 Å². The highest BCUT2D eigenvalue weighted by Gasteiger charge is 2.51. The molecule has 8 nitrogen and oxygen atoms in total. The van der Waals surface area contributed by atoms with Gasteiger partial charge in [0, 0.05) is 25.1 Å². The predicted molar refractivity (Wildman–Crippen MR) is 119 cm³/mol. The molecule has 0 unspecified atom stereocenters. The maximum atomic E-state index is 13.4. The van der Waals surface area contributed by atoms with Crippen molar-refractivity contribution in [2.45, 2.75) is 57.5 Å². The number of carbonyl (C=O) groups is 2. The molecule has 3 aliphatic heterocycles. The zero-order valence-electron chi connectivity index (χ0n) is 18.8. The van der Waals surface area contributed by atoms with Gasteiger partial charge >= 0.3 is 5.97 Å². The maximum absolute atomic E-state index is 13.4. The number of cyclic esters (lactones) is 1. The Kier molecular flexibility index (Phi) is 5.29. The highest BCUT2D eigenvalue weighted by Crippen LogP contribution is 2.44. The van der Waals surface area contributed by atoms with Crippen molar-refractivity contribution in [2.24, 2.45) is 4.99 Å². The summed E-state index contributed by atoms with van der Waals surface area (Å²) in [6.07, 6.45) is 0.637. The second kappa shape index (κ2) is 8.04. The van der Waals surface area contributed by atoms with E-state index in [0.717, 1.165) is 5.56 Å². The lowest BCUT2D eigenvalue weighted by Gasteiger charge is -2.36. The summed E-state index contributed by atoms with van der Waals surface area (Å²) in [4.78, 5) is 43.8. The fraction of sp³-hybridized carbons (Fsp3) is 0.440. The van der Waals surface area contributed by atoms with Crippen LogP contribution >= 0.6 is 0 Å². The van der Waals surface area contributed by atoms with Crippen LogP contribution in [0.15, 0.2) is 46.2 Å². The first-order valence-electron chi connectivity index (χ1n) is 11.3. The minimum atomic E-state index is -1.29. The largest absolute Gasteiger partial charge is 0.460 e. The molecule has 1 amide bonds. The molecule has 172 valence electrons. The summed E-state index contributed by atoms with van der Waals surface area (Å²) in [5.41, 5.74) is 1.43. The van der Waals surface area contributed by atoms with Gasteiger partial charge in [-0.05, 0) is 30.5 Å². The summed E-state index contributed by atoms with van der Waals surface area (Å²) in [6.45, 7) is 4.83. The number of amides is 1. The fourth-order valence-electron chi connectivity index (χ4n) is 5.17. The average Bonchev–Trinajstić information content (AvgIpc) is 3.44. The Morgan fingerprint density at radius 2 is 1.88 bits per heavy atom. The molecule has 1 aromatic heterocycles. The Morgan fingerprint density at radius 3 is 2.58 bits per heavy atom. The minimum Gasteiger partial charge on any atom is -0.460 e. The normalized spacial score (nSPS) is 23.3. The van der Waals surface area contributed by atoms with Crippen molar-refractivity contribution in [2.75, 3.05) is 13.2 Å². The number of rotatable bonds is 4. The molecule has 4 heterocycles. The molecule has 2 aromatic rings. The van der Waals surface area contributed by atoms with Crippen LogP contribution in [0.4, 0.5) is 0 Å². The van der Waals surface area contributed by atoms with E-state index in [0.29, 0.717) is 55.1 Å². The van der Waals surface area contributed by atoms with Crippen LogP contribution in [0.5, 0.6) is 0 Å². The Morgan fingerprint density at radius 1 is 1.15 bits per heavy atom. The van der Waals surface area contributed by atoms with Crippen LogP contribution in [-0.4, -0.2) is 35.4 Å². The molecule has 0 aliphatic carbocycles. The fourth-order valence-corrected chi connectivity index (χ4v) is 5.17. The Labute approximate surface area is 191 Å². The molecule has 3 aliphatic rings. The van der Waals surface area contributed by atoms with Crippen molar-refractivity contribution < 1.29 is 23.8 Å². The summed E-state index contributed by atoms with van der Waals surface area (Å²) in [5.74, 6) is -1.92. The molecular weight excluding hydrogens is 424 g/mol. The van der Waals surface area contributed by atoms with Crippen LogP contribution < -0.4 is 5.56 Å². The molecule has 0 bridgehead atoms. The number of pyridine rings is 1.